The molecule has 0 aliphatic carbocycles. The summed E-state index contributed by atoms with van der Waals surface area (Å²) in [6.45, 7) is -2.71. The Morgan fingerprint density at radius 1 is 1.40 bits per heavy atom. The SMILES string of the molecule is O=[N+]([O-])c1cc(Br)c(F)cc1N(CCO)CC(F)(F)F. The second kappa shape index (κ2) is 6.35. The number of alkyl halides is 3. The van der Waals surface area contributed by atoms with Crippen LogP contribution in [0.4, 0.5) is 28.9 Å². The number of halogens is 5. The van der Waals surface area contributed by atoms with Crippen LogP contribution in [0, 0.1) is 15.9 Å². The number of nitro groups is 1. The quantitative estimate of drug-likeness (QED) is 0.498. The lowest BCUT2D eigenvalue weighted by molar-refractivity contribution is -0.384. The van der Waals surface area contributed by atoms with E-state index in [0.717, 1.165) is 6.07 Å². The normalized spacial score (nSPS) is 11.5. The molecule has 0 aliphatic heterocycles. The van der Waals surface area contributed by atoms with Crippen molar-refractivity contribution in [1.82, 2.24) is 0 Å². The molecule has 1 rings (SSSR count). The van der Waals surface area contributed by atoms with E-state index in [-0.39, 0.29) is 4.47 Å². The number of aliphatic hydroxyl groups excluding tert-OH is 1. The summed E-state index contributed by atoms with van der Waals surface area (Å²) in [7, 11) is 0. The van der Waals surface area contributed by atoms with Crippen LogP contribution in [0.2, 0.25) is 0 Å². The minimum atomic E-state index is -4.65. The van der Waals surface area contributed by atoms with Crippen molar-refractivity contribution < 1.29 is 27.6 Å². The van der Waals surface area contributed by atoms with E-state index in [9.17, 15) is 27.7 Å². The number of nitro benzene ring substituents is 1. The van der Waals surface area contributed by atoms with Crippen molar-refractivity contribution in [2.24, 2.45) is 0 Å². The van der Waals surface area contributed by atoms with Gasteiger partial charge >= 0.3 is 6.18 Å². The molecule has 112 valence electrons. The summed E-state index contributed by atoms with van der Waals surface area (Å²) in [6.07, 6.45) is -4.65. The molecule has 0 bridgehead atoms. The Hall–Kier alpha value is -1.42. The number of nitrogens with zero attached hydrogens (tertiary/aromatic N) is 2. The van der Waals surface area contributed by atoms with Crippen LogP contribution in [0.3, 0.4) is 0 Å². The zero-order valence-electron chi connectivity index (χ0n) is 9.82. The summed E-state index contributed by atoms with van der Waals surface area (Å²) < 4.78 is 50.5. The van der Waals surface area contributed by atoms with Gasteiger partial charge in [-0.05, 0) is 15.9 Å². The average molecular weight is 361 g/mol. The highest BCUT2D eigenvalue weighted by molar-refractivity contribution is 9.10. The molecular weight excluding hydrogens is 352 g/mol. The fraction of sp³-hybridized carbons (Fsp3) is 0.400. The maximum absolute atomic E-state index is 13.4. The predicted molar refractivity (Wildman–Crippen MR) is 66.1 cm³/mol. The van der Waals surface area contributed by atoms with Gasteiger partial charge in [0, 0.05) is 18.7 Å². The standard InChI is InChI=1S/C10H9BrF4N2O3/c11-6-3-9(17(19)20)8(4-7(6)12)16(1-2-18)5-10(13,14)15/h3-4,18H,1-2,5H2. The second-order valence-corrected chi connectivity index (χ2v) is 4.63. The van der Waals surface area contributed by atoms with Gasteiger partial charge in [0.25, 0.3) is 5.69 Å². The Bertz CT molecular complexity index is 510. The van der Waals surface area contributed by atoms with Crippen LogP contribution >= 0.6 is 15.9 Å². The fourth-order valence-electron chi connectivity index (χ4n) is 1.55. The lowest BCUT2D eigenvalue weighted by Crippen LogP contribution is -2.36. The Morgan fingerprint density at radius 3 is 2.45 bits per heavy atom. The molecule has 1 aromatic rings. The Morgan fingerprint density at radius 2 is 2.00 bits per heavy atom. The van der Waals surface area contributed by atoms with Gasteiger partial charge in [0.15, 0.2) is 0 Å². The first-order valence-electron chi connectivity index (χ1n) is 5.21. The van der Waals surface area contributed by atoms with Gasteiger partial charge < -0.3 is 10.0 Å². The monoisotopic (exact) mass is 360 g/mol. The molecule has 0 unspecified atom stereocenters. The molecular formula is C10H9BrF4N2O3. The van der Waals surface area contributed by atoms with Crippen molar-refractivity contribution >= 4 is 27.3 Å². The van der Waals surface area contributed by atoms with Gasteiger partial charge in [0.2, 0.25) is 0 Å². The topological polar surface area (TPSA) is 66.6 Å². The van der Waals surface area contributed by atoms with Crippen LogP contribution in [0.25, 0.3) is 0 Å². The Balaban J connectivity index is 3.31. The third kappa shape index (κ3) is 4.30. The lowest BCUT2D eigenvalue weighted by atomic mass is 10.2. The van der Waals surface area contributed by atoms with E-state index < -0.39 is 48.0 Å². The van der Waals surface area contributed by atoms with Gasteiger partial charge in [-0.25, -0.2) is 4.39 Å². The van der Waals surface area contributed by atoms with Crippen molar-refractivity contribution in [3.05, 3.63) is 32.5 Å². The van der Waals surface area contributed by atoms with Gasteiger partial charge in [-0.2, -0.15) is 13.2 Å². The lowest BCUT2D eigenvalue weighted by Gasteiger charge is -2.25. The second-order valence-electron chi connectivity index (χ2n) is 3.77. The van der Waals surface area contributed by atoms with Gasteiger partial charge in [-0.15, -0.1) is 0 Å². The van der Waals surface area contributed by atoms with Crippen molar-refractivity contribution in [3.63, 3.8) is 0 Å². The number of benzene rings is 1. The molecule has 0 amide bonds. The Kier molecular flexibility index (Phi) is 5.28. The number of anilines is 1. The molecule has 10 heteroatoms. The molecule has 0 aromatic heterocycles. The zero-order valence-corrected chi connectivity index (χ0v) is 11.4. The van der Waals surface area contributed by atoms with Crippen LogP contribution in [-0.4, -0.2) is 35.9 Å². The summed E-state index contributed by atoms with van der Waals surface area (Å²) in [5, 5.41) is 19.6. The van der Waals surface area contributed by atoms with Crippen LogP contribution in [0.15, 0.2) is 16.6 Å². The van der Waals surface area contributed by atoms with E-state index in [2.05, 4.69) is 15.9 Å². The van der Waals surface area contributed by atoms with Gasteiger partial charge in [0.1, 0.15) is 18.0 Å². The number of aliphatic hydroxyl groups is 1. The minimum Gasteiger partial charge on any atom is -0.395 e. The van der Waals surface area contributed by atoms with E-state index >= 15 is 0 Å². The zero-order chi connectivity index (χ0) is 15.5. The van der Waals surface area contributed by atoms with Gasteiger partial charge in [-0.1, -0.05) is 0 Å². The van der Waals surface area contributed by atoms with E-state index in [1.807, 2.05) is 0 Å². The first kappa shape index (κ1) is 16.6. The average Bonchev–Trinajstić information content (AvgIpc) is 2.29. The molecule has 0 spiro atoms. The maximum atomic E-state index is 13.4. The third-order valence-corrected chi connectivity index (χ3v) is 2.90. The predicted octanol–water partition coefficient (Wildman–Crippen LogP) is 2.86. The summed E-state index contributed by atoms with van der Waals surface area (Å²) in [6, 6.07) is 1.41. The fourth-order valence-corrected chi connectivity index (χ4v) is 1.88. The summed E-state index contributed by atoms with van der Waals surface area (Å²) in [5.74, 6) is -0.935. The molecule has 0 heterocycles. The molecule has 0 fully saturated rings. The largest absolute Gasteiger partial charge is 0.405 e. The van der Waals surface area contributed by atoms with Gasteiger partial charge in [-0.3, -0.25) is 10.1 Å². The smallest absolute Gasteiger partial charge is 0.395 e. The first-order chi connectivity index (χ1) is 9.15. The van der Waals surface area contributed by atoms with Crippen molar-refractivity contribution in [2.45, 2.75) is 6.18 Å². The molecule has 0 saturated heterocycles. The maximum Gasteiger partial charge on any atom is 0.405 e. The van der Waals surface area contributed by atoms with E-state index in [0.29, 0.717) is 11.0 Å². The third-order valence-electron chi connectivity index (χ3n) is 2.29. The molecule has 1 N–H and O–H groups in total. The highest BCUT2D eigenvalue weighted by Gasteiger charge is 2.33. The molecule has 0 atom stereocenters. The molecule has 0 saturated carbocycles. The van der Waals surface area contributed by atoms with Gasteiger partial charge in [0.05, 0.1) is 16.0 Å². The highest BCUT2D eigenvalue weighted by atomic mass is 79.9. The number of hydrogen-bond acceptors (Lipinski definition) is 4. The highest BCUT2D eigenvalue weighted by Crippen LogP contribution is 2.34. The summed E-state index contributed by atoms with van der Waals surface area (Å²) in [5.41, 5.74) is -1.22. The van der Waals surface area contributed by atoms with E-state index in [4.69, 9.17) is 5.11 Å². The molecule has 0 aliphatic rings. The molecule has 5 nitrogen and oxygen atoms in total. The molecule has 20 heavy (non-hydrogen) atoms. The van der Waals surface area contributed by atoms with Crippen molar-refractivity contribution in [2.75, 3.05) is 24.6 Å². The minimum absolute atomic E-state index is 0.232. The van der Waals surface area contributed by atoms with Crippen molar-refractivity contribution in [3.8, 4) is 0 Å². The summed E-state index contributed by atoms with van der Waals surface area (Å²) in [4.78, 5) is 10.4. The Labute approximate surface area is 119 Å². The van der Waals surface area contributed by atoms with Crippen molar-refractivity contribution in [1.29, 1.82) is 0 Å². The molecule has 1 aromatic carbocycles. The van der Waals surface area contributed by atoms with E-state index in [1.54, 1.807) is 0 Å². The molecule has 0 radical (unpaired) electrons. The van der Waals surface area contributed by atoms with Crippen LogP contribution in [-0.2, 0) is 0 Å². The van der Waals surface area contributed by atoms with Crippen LogP contribution < -0.4 is 4.90 Å². The summed E-state index contributed by atoms with van der Waals surface area (Å²) >= 11 is 2.73. The number of hydrogen-bond donors (Lipinski definition) is 1. The number of rotatable bonds is 5. The van der Waals surface area contributed by atoms with Crippen LogP contribution in [0.1, 0.15) is 0 Å². The van der Waals surface area contributed by atoms with Crippen LogP contribution in [0.5, 0.6) is 0 Å². The van der Waals surface area contributed by atoms with E-state index in [1.165, 1.54) is 0 Å². The first-order valence-corrected chi connectivity index (χ1v) is 6.01.